The maximum atomic E-state index is 13.4. The maximum Gasteiger partial charge on any atom is 0.282 e. The van der Waals surface area contributed by atoms with Crippen molar-refractivity contribution in [1.82, 2.24) is 20.5 Å². The van der Waals surface area contributed by atoms with Crippen LogP contribution in [0.5, 0.6) is 0 Å². The zero-order valence-corrected chi connectivity index (χ0v) is 18.8. The van der Waals surface area contributed by atoms with Crippen molar-refractivity contribution in [3.63, 3.8) is 0 Å². The minimum absolute atomic E-state index is 0.189. The number of rotatable bonds is 6. The van der Waals surface area contributed by atoms with Crippen molar-refractivity contribution in [2.24, 2.45) is 7.05 Å². The second-order valence-electron chi connectivity index (χ2n) is 7.77. The largest absolute Gasteiger partial charge is 0.337 e. The van der Waals surface area contributed by atoms with Crippen molar-refractivity contribution in [3.8, 4) is 0 Å². The molecule has 11 heteroatoms. The van der Waals surface area contributed by atoms with E-state index < -0.39 is 29.5 Å². The quantitative estimate of drug-likeness (QED) is 0.451. The molecular formula is C22H19Cl2F2N5O2. The first-order chi connectivity index (χ1) is 15.7. The van der Waals surface area contributed by atoms with Crippen molar-refractivity contribution in [1.29, 1.82) is 0 Å². The lowest BCUT2D eigenvalue weighted by Crippen LogP contribution is -2.60. The number of aryl methyl sites for hydroxylation is 1. The van der Waals surface area contributed by atoms with E-state index in [0.29, 0.717) is 15.7 Å². The van der Waals surface area contributed by atoms with Gasteiger partial charge in [-0.05, 0) is 29.3 Å². The molecule has 2 amide bonds. The van der Waals surface area contributed by atoms with Crippen LogP contribution < -0.4 is 16.2 Å². The molecule has 0 radical (unpaired) electrons. The lowest BCUT2D eigenvalue weighted by molar-refractivity contribution is -0.126. The Morgan fingerprint density at radius 2 is 1.76 bits per heavy atom. The molecule has 1 aromatic heterocycles. The summed E-state index contributed by atoms with van der Waals surface area (Å²) in [5.74, 6) is -1.35. The molecule has 2 aromatic carbocycles. The predicted octanol–water partition coefficient (Wildman–Crippen LogP) is 4.08. The minimum atomic E-state index is -2.94. The van der Waals surface area contributed by atoms with Gasteiger partial charge in [-0.1, -0.05) is 47.5 Å². The van der Waals surface area contributed by atoms with E-state index in [1.165, 1.54) is 19.3 Å². The van der Waals surface area contributed by atoms with E-state index in [1.54, 1.807) is 12.1 Å². The molecule has 0 fully saturated rings. The van der Waals surface area contributed by atoms with Crippen LogP contribution in [0.4, 0.5) is 14.5 Å². The summed E-state index contributed by atoms with van der Waals surface area (Å²) in [4.78, 5) is 26.4. The molecule has 0 saturated heterocycles. The summed E-state index contributed by atoms with van der Waals surface area (Å²) >= 11 is 11.9. The summed E-state index contributed by atoms with van der Waals surface area (Å²) in [5, 5.41) is 7.02. The Morgan fingerprint density at radius 1 is 1.09 bits per heavy atom. The van der Waals surface area contributed by atoms with E-state index in [4.69, 9.17) is 23.2 Å². The first-order valence-corrected chi connectivity index (χ1v) is 10.7. The number of alkyl halides is 2. The van der Waals surface area contributed by atoms with Gasteiger partial charge in [-0.3, -0.25) is 25.1 Å². The number of amides is 2. The Bertz CT molecular complexity index is 1210. The van der Waals surface area contributed by atoms with Gasteiger partial charge in [-0.2, -0.15) is 5.10 Å². The number of nitrogens with one attached hydrogen (secondary N) is 3. The van der Waals surface area contributed by atoms with Crippen LogP contribution in [-0.2, 0) is 24.7 Å². The first kappa shape index (κ1) is 23.0. The highest BCUT2D eigenvalue weighted by atomic mass is 35.5. The molecule has 1 aliphatic rings. The van der Waals surface area contributed by atoms with Gasteiger partial charge < -0.3 is 5.32 Å². The summed E-state index contributed by atoms with van der Waals surface area (Å²) in [7, 11) is 1.44. The third-order valence-electron chi connectivity index (χ3n) is 5.44. The number of aromatic nitrogens is 2. The molecule has 0 bridgehead atoms. The molecule has 33 heavy (non-hydrogen) atoms. The predicted molar refractivity (Wildman–Crippen MR) is 120 cm³/mol. The van der Waals surface area contributed by atoms with E-state index in [2.05, 4.69) is 21.3 Å². The Hall–Kier alpha value is -3.17. The highest BCUT2D eigenvalue weighted by molar-refractivity contribution is 6.42. The fourth-order valence-corrected chi connectivity index (χ4v) is 4.17. The van der Waals surface area contributed by atoms with Crippen LogP contribution in [0.15, 0.2) is 48.7 Å². The standard InChI is InChI=1S/C22H19Cl2F2N5O2/c1-31-11-15(18(30-31)19(25)26)20(32)27-22(9-12-4-2-3-5-13(12)10-22)21(33)29-28-14-6-7-16(23)17(24)8-14/h2-8,11,19,28H,9-10H2,1H3,(H,27,32)(H,29,33). The summed E-state index contributed by atoms with van der Waals surface area (Å²) in [6.45, 7) is 0. The van der Waals surface area contributed by atoms with Gasteiger partial charge in [0.25, 0.3) is 18.2 Å². The molecule has 1 heterocycles. The van der Waals surface area contributed by atoms with Crippen molar-refractivity contribution in [2.45, 2.75) is 24.8 Å². The van der Waals surface area contributed by atoms with Crippen LogP contribution in [0, 0.1) is 0 Å². The number of carbonyl (C=O) groups excluding carboxylic acids is 2. The van der Waals surface area contributed by atoms with Gasteiger partial charge in [0, 0.05) is 26.1 Å². The minimum Gasteiger partial charge on any atom is -0.337 e. The molecule has 172 valence electrons. The van der Waals surface area contributed by atoms with Crippen molar-refractivity contribution in [3.05, 3.63) is 81.1 Å². The second kappa shape index (κ2) is 8.99. The molecule has 0 unspecified atom stereocenters. The highest BCUT2D eigenvalue weighted by Crippen LogP contribution is 2.32. The number of anilines is 1. The monoisotopic (exact) mass is 493 g/mol. The normalized spacial score (nSPS) is 14.1. The van der Waals surface area contributed by atoms with Gasteiger partial charge in [-0.25, -0.2) is 8.78 Å². The summed E-state index contributed by atoms with van der Waals surface area (Å²) in [5.41, 5.74) is 5.24. The number of hydrogen-bond donors (Lipinski definition) is 3. The third-order valence-corrected chi connectivity index (χ3v) is 6.18. The van der Waals surface area contributed by atoms with Crippen LogP contribution in [0.1, 0.15) is 33.6 Å². The number of hydrazine groups is 1. The smallest absolute Gasteiger partial charge is 0.282 e. The number of nitrogens with zero attached hydrogens (tertiary/aromatic N) is 2. The summed E-state index contributed by atoms with van der Waals surface area (Å²) in [6.07, 6.45) is -1.35. The molecule has 0 aliphatic heterocycles. The number of hydrogen-bond acceptors (Lipinski definition) is 4. The lowest BCUT2D eigenvalue weighted by atomic mass is 9.94. The fourth-order valence-electron chi connectivity index (χ4n) is 3.87. The van der Waals surface area contributed by atoms with E-state index in [1.807, 2.05) is 24.3 Å². The molecule has 0 spiro atoms. The van der Waals surface area contributed by atoms with Crippen molar-refractivity contribution >= 4 is 40.7 Å². The van der Waals surface area contributed by atoms with Crippen molar-refractivity contribution < 1.29 is 18.4 Å². The van der Waals surface area contributed by atoms with Gasteiger partial charge in [0.1, 0.15) is 11.2 Å². The molecule has 4 rings (SSSR count). The molecule has 3 N–H and O–H groups in total. The Kier molecular flexibility index (Phi) is 6.27. The molecular weight excluding hydrogens is 475 g/mol. The van der Waals surface area contributed by atoms with Crippen LogP contribution in [0.3, 0.4) is 0 Å². The molecule has 3 aromatic rings. The Balaban J connectivity index is 1.60. The van der Waals surface area contributed by atoms with Gasteiger partial charge in [0.15, 0.2) is 0 Å². The molecule has 7 nitrogen and oxygen atoms in total. The van der Waals surface area contributed by atoms with Gasteiger partial charge >= 0.3 is 0 Å². The van der Waals surface area contributed by atoms with Crippen LogP contribution in [0.25, 0.3) is 0 Å². The third kappa shape index (κ3) is 4.65. The summed E-state index contributed by atoms with van der Waals surface area (Å²) in [6, 6.07) is 12.1. The topological polar surface area (TPSA) is 88.0 Å². The average Bonchev–Trinajstić information content (AvgIpc) is 3.35. The van der Waals surface area contributed by atoms with Crippen LogP contribution in [-0.4, -0.2) is 27.1 Å². The van der Waals surface area contributed by atoms with Gasteiger partial charge in [0.2, 0.25) is 0 Å². The number of carbonyl (C=O) groups is 2. The number of halogens is 4. The highest BCUT2D eigenvalue weighted by Gasteiger charge is 2.46. The van der Waals surface area contributed by atoms with Gasteiger partial charge in [-0.15, -0.1) is 0 Å². The fraction of sp³-hybridized carbons (Fsp3) is 0.227. The second-order valence-corrected chi connectivity index (χ2v) is 8.58. The van der Waals surface area contributed by atoms with Crippen molar-refractivity contribution in [2.75, 3.05) is 5.43 Å². The zero-order chi connectivity index (χ0) is 23.8. The molecule has 1 aliphatic carbocycles. The zero-order valence-electron chi connectivity index (χ0n) is 17.3. The number of fused-ring (bicyclic) bond motifs is 1. The SMILES string of the molecule is Cn1cc(C(=O)NC2(C(=O)NNc3ccc(Cl)c(Cl)c3)Cc3ccccc3C2)c(C(F)F)n1. The lowest BCUT2D eigenvalue weighted by Gasteiger charge is -2.29. The summed E-state index contributed by atoms with van der Waals surface area (Å²) < 4.78 is 27.9. The van der Waals surface area contributed by atoms with E-state index in [9.17, 15) is 18.4 Å². The maximum absolute atomic E-state index is 13.4. The van der Waals surface area contributed by atoms with E-state index in [-0.39, 0.29) is 18.4 Å². The van der Waals surface area contributed by atoms with Crippen LogP contribution >= 0.6 is 23.2 Å². The molecule has 0 atom stereocenters. The number of benzene rings is 2. The van der Waals surface area contributed by atoms with E-state index in [0.717, 1.165) is 15.8 Å². The van der Waals surface area contributed by atoms with E-state index >= 15 is 0 Å². The Morgan fingerprint density at radius 3 is 2.36 bits per heavy atom. The van der Waals surface area contributed by atoms with Crippen LogP contribution in [0.2, 0.25) is 10.0 Å². The molecule has 0 saturated carbocycles. The first-order valence-electron chi connectivity index (χ1n) is 9.91. The van der Waals surface area contributed by atoms with Gasteiger partial charge in [0.05, 0.1) is 21.3 Å². The average molecular weight is 494 g/mol. The Labute approximate surface area is 198 Å².